The topological polar surface area (TPSA) is 62.8 Å². The Bertz CT molecular complexity index is 764. The summed E-state index contributed by atoms with van der Waals surface area (Å²) in [5.41, 5.74) is 2.50. The van der Waals surface area contributed by atoms with Crippen LogP contribution < -0.4 is 0 Å². The maximum absolute atomic E-state index is 10.3. The maximum Gasteiger partial charge on any atom is 0.243 e. The Balaban J connectivity index is 1.98. The van der Waals surface area contributed by atoms with Gasteiger partial charge in [0.2, 0.25) is 5.88 Å². The molecule has 0 unspecified atom stereocenters. The van der Waals surface area contributed by atoms with Gasteiger partial charge in [-0.1, -0.05) is 36.4 Å². The van der Waals surface area contributed by atoms with Gasteiger partial charge in [-0.3, -0.25) is 0 Å². The molecule has 0 aliphatic heterocycles. The van der Waals surface area contributed by atoms with Gasteiger partial charge < -0.3 is 5.11 Å². The number of rotatable bonds is 3. The SMILES string of the molecule is Cc1nn(-c2ccccc2)c(O)c1N=Nc1ccccc1. The number of para-hydroxylation sites is 1. The molecule has 1 heterocycles. The molecule has 1 aromatic heterocycles. The molecule has 104 valence electrons. The van der Waals surface area contributed by atoms with Crippen LogP contribution in [-0.4, -0.2) is 14.9 Å². The smallest absolute Gasteiger partial charge is 0.243 e. The van der Waals surface area contributed by atoms with Crippen LogP contribution in [0.5, 0.6) is 5.88 Å². The van der Waals surface area contributed by atoms with E-state index in [9.17, 15) is 5.11 Å². The van der Waals surface area contributed by atoms with Crippen molar-refractivity contribution < 1.29 is 5.11 Å². The van der Waals surface area contributed by atoms with Crippen LogP contribution >= 0.6 is 0 Å². The van der Waals surface area contributed by atoms with E-state index in [0.717, 1.165) is 11.4 Å². The molecule has 0 fully saturated rings. The minimum atomic E-state index is -0.0154. The van der Waals surface area contributed by atoms with Crippen molar-refractivity contribution in [2.75, 3.05) is 0 Å². The van der Waals surface area contributed by atoms with Gasteiger partial charge in [-0.05, 0) is 31.2 Å². The fourth-order valence-electron chi connectivity index (χ4n) is 1.98. The van der Waals surface area contributed by atoms with Gasteiger partial charge in [0.05, 0.1) is 17.1 Å². The number of hydrogen-bond donors (Lipinski definition) is 1. The lowest BCUT2D eigenvalue weighted by molar-refractivity contribution is 0.434. The van der Waals surface area contributed by atoms with E-state index in [4.69, 9.17) is 0 Å². The summed E-state index contributed by atoms with van der Waals surface area (Å²) in [6.07, 6.45) is 0. The fraction of sp³-hybridized carbons (Fsp3) is 0.0625. The van der Waals surface area contributed by atoms with Gasteiger partial charge in [-0.2, -0.15) is 14.9 Å². The van der Waals surface area contributed by atoms with E-state index in [1.54, 1.807) is 6.92 Å². The van der Waals surface area contributed by atoms with Gasteiger partial charge in [-0.15, -0.1) is 5.11 Å². The summed E-state index contributed by atoms with van der Waals surface area (Å²) < 4.78 is 1.45. The fourth-order valence-corrected chi connectivity index (χ4v) is 1.98. The number of aromatic nitrogens is 2. The van der Waals surface area contributed by atoms with Gasteiger partial charge in [0.1, 0.15) is 0 Å². The predicted molar refractivity (Wildman–Crippen MR) is 80.6 cm³/mol. The largest absolute Gasteiger partial charge is 0.492 e. The van der Waals surface area contributed by atoms with E-state index in [1.807, 2.05) is 60.7 Å². The number of aryl methyl sites for hydroxylation is 1. The molecule has 2 aromatic carbocycles. The molecule has 0 spiro atoms. The highest BCUT2D eigenvalue weighted by Crippen LogP contribution is 2.33. The van der Waals surface area contributed by atoms with E-state index in [-0.39, 0.29) is 5.88 Å². The van der Waals surface area contributed by atoms with Crippen LogP contribution in [0.25, 0.3) is 5.69 Å². The van der Waals surface area contributed by atoms with Crippen molar-refractivity contribution in [2.24, 2.45) is 10.2 Å². The molecular formula is C16H14N4O. The quantitative estimate of drug-likeness (QED) is 0.726. The normalized spacial score (nSPS) is 11.1. The van der Waals surface area contributed by atoms with Crippen molar-refractivity contribution in [1.29, 1.82) is 0 Å². The van der Waals surface area contributed by atoms with Gasteiger partial charge >= 0.3 is 0 Å². The van der Waals surface area contributed by atoms with E-state index in [2.05, 4.69) is 15.3 Å². The standard InChI is InChI=1S/C16H14N4O/c1-12-15(18-17-13-8-4-2-5-9-13)16(21)20(19-12)14-10-6-3-7-11-14/h2-11,21H,1H3. The monoisotopic (exact) mass is 278 g/mol. The van der Waals surface area contributed by atoms with E-state index >= 15 is 0 Å². The zero-order valence-electron chi connectivity index (χ0n) is 11.5. The average Bonchev–Trinajstić information content (AvgIpc) is 2.82. The highest BCUT2D eigenvalue weighted by Gasteiger charge is 2.15. The summed E-state index contributed by atoms with van der Waals surface area (Å²) >= 11 is 0. The summed E-state index contributed by atoms with van der Waals surface area (Å²) in [6, 6.07) is 18.8. The third-order valence-corrected chi connectivity index (χ3v) is 3.03. The van der Waals surface area contributed by atoms with Gasteiger partial charge in [0.15, 0.2) is 5.69 Å². The molecule has 0 amide bonds. The molecule has 0 aliphatic carbocycles. The molecule has 21 heavy (non-hydrogen) atoms. The Morgan fingerprint density at radius 1 is 0.905 bits per heavy atom. The van der Waals surface area contributed by atoms with Crippen molar-refractivity contribution in [2.45, 2.75) is 6.92 Å². The van der Waals surface area contributed by atoms with E-state index in [0.29, 0.717) is 11.4 Å². The number of nitrogens with zero attached hydrogens (tertiary/aromatic N) is 4. The third-order valence-electron chi connectivity index (χ3n) is 3.03. The first-order chi connectivity index (χ1) is 10.3. The second kappa shape index (κ2) is 5.58. The van der Waals surface area contributed by atoms with Crippen LogP contribution in [0.1, 0.15) is 5.69 Å². The first kappa shape index (κ1) is 13.1. The molecule has 1 N–H and O–H groups in total. The van der Waals surface area contributed by atoms with Crippen LogP contribution in [0.15, 0.2) is 70.9 Å². The van der Waals surface area contributed by atoms with Crippen LogP contribution in [0.2, 0.25) is 0 Å². The Kier molecular flexibility index (Phi) is 3.47. The number of benzene rings is 2. The van der Waals surface area contributed by atoms with Crippen LogP contribution in [0, 0.1) is 6.92 Å². The van der Waals surface area contributed by atoms with Crippen molar-refractivity contribution >= 4 is 11.4 Å². The first-order valence-electron chi connectivity index (χ1n) is 6.56. The van der Waals surface area contributed by atoms with Crippen molar-refractivity contribution in [1.82, 2.24) is 9.78 Å². The predicted octanol–water partition coefficient (Wildman–Crippen LogP) is 4.30. The second-order valence-corrected chi connectivity index (χ2v) is 4.54. The Hall–Kier alpha value is -2.95. The molecule has 5 nitrogen and oxygen atoms in total. The van der Waals surface area contributed by atoms with Crippen LogP contribution in [0.3, 0.4) is 0 Å². The van der Waals surface area contributed by atoms with E-state index < -0.39 is 0 Å². The highest BCUT2D eigenvalue weighted by atomic mass is 16.3. The molecule has 0 bridgehead atoms. The number of aromatic hydroxyl groups is 1. The Morgan fingerprint density at radius 2 is 1.52 bits per heavy atom. The average molecular weight is 278 g/mol. The van der Waals surface area contributed by atoms with Crippen molar-refractivity contribution in [3.63, 3.8) is 0 Å². The van der Waals surface area contributed by atoms with Crippen LogP contribution in [-0.2, 0) is 0 Å². The first-order valence-corrected chi connectivity index (χ1v) is 6.56. The Morgan fingerprint density at radius 3 is 2.19 bits per heavy atom. The minimum absolute atomic E-state index is 0.0154. The minimum Gasteiger partial charge on any atom is -0.492 e. The summed E-state index contributed by atoms with van der Waals surface area (Å²) in [5, 5.41) is 22.8. The van der Waals surface area contributed by atoms with Gasteiger partial charge in [0.25, 0.3) is 0 Å². The lowest BCUT2D eigenvalue weighted by Gasteiger charge is -2.01. The molecule has 0 radical (unpaired) electrons. The number of hydrogen-bond acceptors (Lipinski definition) is 4. The molecule has 0 atom stereocenters. The molecule has 5 heteroatoms. The van der Waals surface area contributed by atoms with Gasteiger partial charge in [-0.25, -0.2) is 0 Å². The Labute approximate surface area is 122 Å². The lowest BCUT2D eigenvalue weighted by atomic mass is 10.3. The lowest BCUT2D eigenvalue weighted by Crippen LogP contribution is -1.94. The zero-order chi connectivity index (χ0) is 14.7. The zero-order valence-corrected chi connectivity index (χ0v) is 11.5. The summed E-state index contributed by atoms with van der Waals surface area (Å²) in [6.45, 7) is 1.79. The van der Waals surface area contributed by atoms with Gasteiger partial charge in [0, 0.05) is 0 Å². The van der Waals surface area contributed by atoms with E-state index in [1.165, 1.54) is 4.68 Å². The molecule has 3 rings (SSSR count). The van der Waals surface area contributed by atoms with Crippen molar-refractivity contribution in [3.8, 4) is 11.6 Å². The highest BCUT2D eigenvalue weighted by molar-refractivity contribution is 5.54. The van der Waals surface area contributed by atoms with Crippen LogP contribution in [0.4, 0.5) is 11.4 Å². The second-order valence-electron chi connectivity index (χ2n) is 4.54. The number of azo groups is 1. The summed E-state index contributed by atoms with van der Waals surface area (Å²) in [7, 11) is 0. The summed E-state index contributed by atoms with van der Waals surface area (Å²) in [5.74, 6) is -0.0154. The summed E-state index contributed by atoms with van der Waals surface area (Å²) in [4.78, 5) is 0. The van der Waals surface area contributed by atoms with Crippen molar-refractivity contribution in [3.05, 3.63) is 66.4 Å². The third kappa shape index (κ3) is 2.67. The molecule has 0 aliphatic rings. The molecular weight excluding hydrogens is 264 g/mol. The molecule has 3 aromatic rings. The molecule has 0 saturated carbocycles. The maximum atomic E-state index is 10.3. The molecule has 0 saturated heterocycles.